The normalized spacial score (nSPS) is 10.4. The average molecular weight is 243 g/mol. The Morgan fingerprint density at radius 2 is 1.94 bits per heavy atom. The van der Waals surface area contributed by atoms with E-state index in [2.05, 4.69) is 35.2 Å². The van der Waals surface area contributed by atoms with E-state index in [4.69, 9.17) is 4.74 Å². The van der Waals surface area contributed by atoms with Gasteiger partial charge >= 0.3 is 0 Å². The molecule has 94 valence electrons. The Morgan fingerprint density at radius 1 is 1.17 bits per heavy atom. The van der Waals surface area contributed by atoms with Crippen LogP contribution in [-0.2, 0) is 0 Å². The summed E-state index contributed by atoms with van der Waals surface area (Å²) in [5.41, 5.74) is 1.17. The maximum Gasteiger partial charge on any atom is 0.224 e. The average Bonchev–Trinajstić information content (AvgIpc) is 2.39. The van der Waals surface area contributed by atoms with Gasteiger partial charge in [-0.15, -0.1) is 0 Å². The SMILES string of the molecule is CNc1cc(Oc2ccccc2C(C)C)ncn1. The maximum absolute atomic E-state index is 5.82. The zero-order chi connectivity index (χ0) is 13.0. The molecule has 0 aliphatic rings. The first-order valence-corrected chi connectivity index (χ1v) is 5.97. The summed E-state index contributed by atoms with van der Waals surface area (Å²) in [6.45, 7) is 4.28. The van der Waals surface area contributed by atoms with Gasteiger partial charge in [0.05, 0.1) is 0 Å². The molecule has 0 unspecified atom stereocenters. The standard InChI is InChI=1S/C14H17N3O/c1-10(2)11-6-4-5-7-12(11)18-14-8-13(15-3)16-9-17-14/h4-10H,1-3H3,(H,15,16,17). The number of nitrogens with one attached hydrogen (secondary N) is 1. The number of anilines is 1. The van der Waals surface area contributed by atoms with Crippen molar-refractivity contribution < 1.29 is 4.74 Å². The van der Waals surface area contributed by atoms with Crippen LogP contribution in [-0.4, -0.2) is 17.0 Å². The summed E-state index contributed by atoms with van der Waals surface area (Å²) in [4.78, 5) is 8.16. The van der Waals surface area contributed by atoms with Gasteiger partial charge in [0.15, 0.2) is 0 Å². The van der Waals surface area contributed by atoms with Gasteiger partial charge in [-0.05, 0) is 17.5 Å². The van der Waals surface area contributed by atoms with Crippen LogP contribution in [0.15, 0.2) is 36.7 Å². The number of hydrogen-bond acceptors (Lipinski definition) is 4. The summed E-state index contributed by atoms with van der Waals surface area (Å²) in [5.74, 6) is 2.53. The van der Waals surface area contributed by atoms with Crippen LogP contribution >= 0.6 is 0 Å². The van der Waals surface area contributed by atoms with Gasteiger partial charge in [0.1, 0.15) is 17.9 Å². The zero-order valence-corrected chi connectivity index (χ0v) is 10.8. The predicted octanol–water partition coefficient (Wildman–Crippen LogP) is 3.43. The van der Waals surface area contributed by atoms with Crippen molar-refractivity contribution in [1.82, 2.24) is 9.97 Å². The maximum atomic E-state index is 5.82. The van der Waals surface area contributed by atoms with E-state index in [9.17, 15) is 0 Å². The Labute approximate surface area is 107 Å². The minimum absolute atomic E-state index is 0.409. The zero-order valence-electron chi connectivity index (χ0n) is 10.8. The number of nitrogens with zero attached hydrogens (tertiary/aromatic N) is 2. The summed E-state index contributed by atoms with van der Waals surface area (Å²) in [5, 5.41) is 2.96. The lowest BCUT2D eigenvalue weighted by Crippen LogP contribution is -1.97. The van der Waals surface area contributed by atoms with Gasteiger partial charge in [-0.1, -0.05) is 32.0 Å². The molecule has 18 heavy (non-hydrogen) atoms. The molecule has 0 saturated heterocycles. The van der Waals surface area contributed by atoms with Crippen molar-refractivity contribution in [3.8, 4) is 11.6 Å². The molecule has 0 saturated carbocycles. The van der Waals surface area contributed by atoms with Crippen LogP contribution in [0.1, 0.15) is 25.3 Å². The Kier molecular flexibility index (Phi) is 3.77. The number of aromatic nitrogens is 2. The van der Waals surface area contributed by atoms with Crippen molar-refractivity contribution in [2.45, 2.75) is 19.8 Å². The van der Waals surface area contributed by atoms with E-state index in [0.717, 1.165) is 11.6 Å². The minimum Gasteiger partial charge on any atom is -0.439 e. The van der Waals surface area contributed by atoms with Crippen molar-refractivity contribution in [3.63, 3.8) is 0 Å². The van der Waals surface area contributed by atoms with E-state index < -0.39 is 0 Å². The third-order valence-electron chi connectivity index (χ3n) is 2.65. The molecule has 1 heterocycles. The molecule has 1 aromatic heterocycles. The fourth-order valence-electron chi connectivity index (χ4n) is 1.70. The molecule has 2 rings (SSSR count). The summed E-state index contributed by atoms with van der Waals surface area (Å²) >= 11 is 0. The quantitative estimate of drug-likeness (QED) is 0.893. The third kappa shape index (κ3) is 2.77. The monoisotopic (exact) mass is 243 g/mol. The first-order valence-electron chi connectivity index (χ1n) is 5.97. The van der Waals surface area contributed by atoms with Crippen molar-refractivity contribution in [2.75, 3.05) is 12.4 Å². The van der Waals surface area contributed by atoms with E-state index in [1.165, 1.54) is 11.9 Å². The minimum atomic E-state index is 0.409. The number of benzene rings is 1. The molecule has 0 atom stereocenters. The molecule has 2 aromatic rings. The number of para-hydroxylation sites is 1. The Hall–Kier alpha value is -2.10. The van der Waals surface area contributed by atoms with E-state index >= 15 is 0 Å². The molecule has 1 N–H and O–H groups in total. The molecule has 0 amide bonds. The summed E-state index contributed by atoms with van der Waals surface area (Å²) in [6.07, 6.45) is 1.49. The number of ether oxygens (including phenoxy) is 1. The van der Waals surface area contributed by atoms with E-state index in [-0.39, 0.29) is 0 Å². The van der Waals surface area contributed by atoms with E-state index in [1.807, 2.05) is 25.2 Å². The third-order valence-corrected chi connectivity index (χ3v) is 2.65. The van der Waals surface area contributed by atoms with Crippen LogP contribution in [0.2, 0.25) is 0 Å². The molecule has 0 radical (unpaired) electrons. The second kappa shape index (κ2) is 5.49. The van der Waals surface area contributed by atoms with Crippen LogP contribution in [0, 0.1) is 0 Å². The van der Waals surface area contributed by atoms with E-state index in [1.54, 1.807) is 6.07 Å². The Bertz CT molecular complexity index is 526. The van der Waals surface area contributed by atoms with Crippen LogP contribution in [0.5, 0.6) is 11.6 Å². The molecular weight excluding hydrogens is 226 g/mol. The van der Waals surface area contributed by atoms with Gasteiger partial charge in [0, 0.05) is 13.1 Å². The van der Waals surface area contributed by atoms with Gasteiger partial charge in [-0.2, -0.15) is 0 Å². The fourth-order valence-corrected chi connectivity index (χ4v) is 1.70. The van der Waals surface area contributed by atoms with Gasteiger partial charge in [-0.25, -0.2) is 9.97 Å². The van der Waals surface area contributed by atoms with Gasteiger partial charge in [0.25, 0.3) is 0 Å². The van der Waals surface area contributed by atoms with Crippen LogP contribution in [0.4, 0.5) is 5.82 Å². The first-order chi connectivity index (χ1) is 8.70. The fraction of sp³-hybridized carbons (Fsp3) is 0.286. The highest BCUT2D eigenvalue weighted by Gasteiger charge is 2.08. The topological polar surface area (TPSA) is 47.0 Å². The van der Waals surface area contributed by atoms with Crippen molar-refractivity contribution >= 4 is 5.82 Å². The first kappa shape index (κ1) is 12.4. The lowest BCUT2D eigenvalue weighted by atomic mass is 10.0. The summed E-state index contributed by atoms with van der Waals surface area (Å²) in [6, 6.07) is 9.77. The lowest BCUT2D eigenvalue weighted by Gasteiger charge is -2.13. The molecule has 0 spiro atoms. The molecule has 0 bridgehead atoms. The highest BCUT2D eigenvalue weighted by molar-refractivity contribution is 5.41. The molecule has 1 aromatic carbocycles. The highest BCUT2D eigenvalue weighted by atomic mass is 16.5. The summed E-state index contributed by atoms with van der Waals surface area (Å²) in [7, 11) is 1.81. The molecule has 4 nitrogen and oxygen atoms in total. The molecule has 0 fully saturated rings. The largest absolute Gasteiger partial charge is 0.439 e. The molecule has 0 aliphatic carbocycles. The van der Waals surface area contributed by atoms with Gasteiger partial charge in [0.2, 0.25) is 5.88 Å². The van der Waals surface area contributed by atoms with Gasteiger partial charge < -0.3 is 10.1 Å². The van der Waals surface area contributed by atoms with E-state index in [0.29, 0.717) is 11.8 Å². The highest BCUT2D eigenvalue weighted by Crippen LogP contribution is 2.29. The smallest absolute Gasteiger partial charge is 0.224 e. The predicted molar refractivity (Wildman–Crippen MR) is 72.2 cm³/mol. The number of rotatable bonds is 4. The van der Waals surface area contributed by atoms with Crippen molar-refractivity contribution in [2.24, 2.45) is 0 Å². The second-order valence-corrected chi connectivity index (χ2v) is 4.29. The molecule has 4 heteroatoms. The van der Waals surface area contributed by atoms with Crippen molar-refractivity contribution in [3.05, 3.63) is 42.2 Å². The second-order valence-electron chi connectivity index (χ2n) is 4.29. The number of hydrogen-bond donors (Lipinski definition) is 1. The van der Waals surface area contributed by atoms with Crippen LogP contribution in [0.3, 0.4) is 0 Å². The summed E-state index contributed by atoms with van der Waals surface area (Å²) < 4.78 is 5.82. The van der Waals surface area contributed by atoms with Crippen LogP contribution < -0.4 is 10.1 Å². The van der Waals surface area contributed by atoms with Crippen LogP contribution in [0.25, 0.3) is 0 Å². The Morgan fingerprint density at radius 3 is 2.67 bits per heavy atom. The van der Waals surface area contributed by atoms with Gasteiger partial charge in [-0.3, -0.25) is 0 Å². The molecule has 0 aliphatic heterocycles. The molecular formula is C14H17N3O. The van der Waals surface area contributed by atoms with Crippen molar-refractivity contribution in [1.29, 1.82) is 0 Å². The Balaban J connectivity index is 2.28. The lowest BCUT2D eigenvalue weighted by molar-refractivity contribution is 0.453.